The van der Waals surface area contributed by atoms with Crippen molar-refractivity contribution in [3.63, 3.8) is 0 Å². The number of nitrogens with one attached hydrogen (secondary N) is 1. The molecule has 1 atom stereocenters. The van der Waals surface area contributed by atoms with E-state index in [1.165, 1.54) is 44.6 Å². The molecule has 0 heterocycles. The van der Waals surface area contributed by atoms with Crippen molar-refractivity contribution < 1.29 is 23.5 Å². The second kappa shape index (κ2) is 9.20. The van der Waals surface area contributed by atoms with Crippen LogP contribution >= 0.6 is 0 Å². The van der Waals surface area contributed by atoms with Gasteiger partial charge in [-0.25, -0.2) is 9.18 Å². The van der Waals surface area contributed by atoms with Crippen molar-refractivity contribution in [1.82, 2.24) is 5.32 Å². The number of esters is 1. The van der Waals surface area contributed by atoms with E-state index in [4.69, 9.17) is 9.47 Å². The fourth-order valence-corrected chi connectivity index (χ4v) is 2.69. The summed E-state index contributed by atoms with van der Waals surface area (Å²) in [7, 11) is 1.41. The van der Waals surface area contributed by atoms with E-state index in [9.17, 15) is 14.0 Å². The van der Waals surface area contributed by atoms with Crippen LogP contribution in [0.5, 0.6) is 5.75 Å². The molecule has 2 rings (SSSR count). The lowest BCUT2D eigenvalue weighted by Gasteiger charge is -2.16. The topological polar surface area (TPSA) is 64.6 Å². The standard InChI is InChI=1S/C19H24FNO4/c1-13(18(22)21-11-10-14-6-4-3-5-7-14)25-19(23)16-9-8-15(24-2)12-17(16)20/h6,8-9,12-13H,3-5,7,10-11H2,1-2H3,(H,21,22)/t13-/m1/s1. The summed E-state index contributed by atoms with van der Waals surface area (Å²) in [6.45, 7) is 1.97. The van der Waals surface area contributed by atoms with Crippen LogP contribution in [-0.4, -0.2) is 31.6 Å². The van der Waals surface area contributed by atoms with E-state index in [2.05, 4.69) is 11.4 Å². The first-order valence-electron chi connectivity index (χ1n) is 8.51. The SMILES string of the molecule is COc1ccc(C(=O)O[C@H](C)C(=O)NCCC2=CCCCC2)c(F)c1. The van der Waals surface area contributed by atoms with E-state index in [1.807, 2.05) is 0 Å². The van der Waals surface area contributed by atoms with Crippen molar-refractivity contribution in [2.45, 2.75) is 45.1 Å². The van der Waals surface area contributed by atoms with Gasteiger partial charge in [-0.2, -0.15) is 0 Å². The number of rotatable bonds is 7. The van der Waals surface area contributed by atoms with Crippen LogP contribution in [0, 0.1) is 5.82 Å². The predicted octanol–water partition coefficient (Wildman–Crippen LogP) is 3.39. The molecule has 1 aromatic rings. The highest BCUT2D eigenvalue weighted by Crippen LogP contribution is 2.19. The molecule has 0 aromatic heterocycles. The number of carbonyl (C=O) groups excluding carboxylic acids is 2. The van der Waals surface area contributed by atoms with Crippen LogP contribution in [0.25, 0.3) is 0 Å². The summed E-state index contributed by atoms with van der Waals surface area (Å²) in [6.07, 6.45) is 6.65. The number of methoxy groups -OCH3 is 1. The molecule has 0 aliphatic heterocycles. The number of carbonyl (C=O) groups is 2. The van der Waals surface area contributed by atoms with E-state index in [0.717, 1.165) is 25.3 Å². The minimum Gasteiger partial charge on any atom is -0.497 e. The summed E-state index contributed by atoms with van der Waals surface area (Å²) in [4.78, 5) is 24.0. The van der Waals surface area contributed by atoms with Gasteiger partial charge in [-0.15, -0.1) is 0 Å². The van der Waals surface area contributed by atoms with Crippen LogP contribution < -0.4 is 10.1 Å². The zero-order valence-electron chi connectivity index (χ0n) is 14.6. The molecule has 1 N–H and O–H groups in total. The Morgan fingerprint density at radius 3 is 2.76 bits per heavy atom. The highest BCUT2D eigenvalue weighted by atomic mass is 19.1. The molecule has 6 heteroatoms. The largest absolute Gasteiger partial charge is 0.497 e. The van der Waals surface area contributed by atoms with Gasteiger partial charge in [0.15, 0.2) is 6.10 Å². The van der Waals surface area contributed by atoms with Crippen LogP contribution in [0.4, 0.5) is 4.39 Å². The molecular formula is C19H24FNO4. The molecule has 136 valence electrons. The maximum Gasteiger partial charge on any atom is 0.341 e. The summed E-state index contributed by atoms with van der Waals surface area (Å²) in [5.74, 6) is -1.71. The first-order chi connectivity index (χ1) is 12.0. The third-order valence-electron chi connectivity index (χ3n) is 4.18. The van der Waals surface area contributed by atoms with E-state index in [-0.39, 0.29) is 5.56 Å². The van der Waals surface area contributed by atoms with E-state index < -0.39 is 23.8 Å². The Kier molecular flexibility index (Phi) is 6.98. The van der Waals surface area contributed by atoms with E-state index >= 15 is 0 Å². The van der Waals surface area contributed by atoms with Crippen LogP contribution in [0.1, 0.15) is 49.4 Å². The maximum absolute atomic E-state index is 13.9. The number of ether oxygens (including phenoxy) is 2. The highest BCUT2D eigenvalue weighted by molar-refractivity contribution is 5.92. The molecular weight excluding hydrogens is 325 g/mol. The number of hydrogen-bond donors (Lipinski definition) is 1. The molecule has 0 saturated heterocycles. The fraction of sp³-hybridized carbons (Fsp3) is 0.474. The highest BCUT2D eigenvalue weighted by Gasteiger charge is 2.21. The minimum absolute atomic E-state index is 0.229. The maximum atomic E-state index is 13.9. The van der Waals surface area contributed by atoms with Crippen molar-refractivity contribution >= 4 is 11.9 Å². The lowest BCUT2D eigenvalue weighted by molar-refractivity contribution is -0.129. The van der Waals surface area contributed by atoms with Gasteiger partial charge in [0.1, 0.15) is 11.6 Å². The second-order valence-corrected chi connectivity index (χ2v) is 6.04. The molecule has 25 heavy (non-hydrogen) atoms. The van der Waals surface area contributed by atoms with Crippen molar-refractivity contribution in [3.05, 3.63) is 41.2 Å². The van der Waals surface area contributed by atoms with Crippen molar-refractivity contribution in [3.8, 4) is 5.75 Å². The monoisotopic (exact) mass is 349 g/mol. The van der Waals surface area contributed by atoms with Gasteiger partial charge in [-0.1, -0.05) is 11.6 Å². The van der Waals surface area contributed by atoms with Gasteiger partial charge >= 0.3 is 5.97 Å². The summed E-state index contributed by atoms with van der Waals surface area (Å²) in [5, 5.41) is 2.75. The molecule has 1 amide bonds. The fourth-order valence-electron chi connectivity index (χ4n) is 2.69. The molecule has 0 unspecified atom stereocenters. The Morgan fingerprint density at radius 2 is 2.12 bits per heavy atom. The van der Waals surface area contributed by atoms with Gasteiger partial charge in [-0.3, -0.25) is 4.79 Å². The van der Waals surface area contributed by atoms with Gasteiger partial charge in [0.2, 0.25) is 0 Å². The molecule has 1 aliphatic rings. The van der Waals surface area contributed by atoms with Crippen LogP contribution in [0.3, 0.4) is 0 Å². The van der Waals surface area contributed by atoms with Crippen molar-refractivity contribution in [2.24, 2.45) is 0 Å². The number of benzene rings is 1. The Hall–Kier alpha value is -2.37. The predicted molar refractivity (Wildman–Crippen MR) is 92.0 cm³/mol. The number of allylic oxidation sites excluding steroid dienone is 1. The average molecular weight is 349 g/mol. The molecule has 0 spiro atoms. The van der Waals surface area contributed by atoms with Gasteiger partial charge in [-0.05, 0) is 51.2 Å². The van der Waals surface area contributed by atoms with E-state index in [0.29, 0.717) is 12.3 Å². The van der Waals surface area contributed by atoms with Gasteiger partial charge in [0.05, 0.1) is 12.7 Å². The Morgan fingerprint density at radius 1 is 1.32 bits per heavy atom. The normalized spacial score (nSPS) is 15.1. The third kappa shape index (κ3) is 5.59. The second-order valence-electron chi connectivity index (χ2n) is 6.04. The molecule has 0 saturated carbocycles. The summed E-state index contributed by atoms with van der Waals surface area (Å²) in [5.41, 5.74) is 1.13. The average Bonchev–Trinajstić information content (AvgIpc) is 2.62. The number of halogens is 1. The molecule has 0 fully saturated rings. The van der Waals surface area contributed by atoms with Gasteiger partial charge < -0.3 is 14.8 Å². The quantitative estimate of drug-likeness (QED) is 0.605. The van der Waals surface area contributed by atoms with Crippen LogP contribution in [0.15, 0.2) is 29.8 Å². The van der Waals surface area contributed by atoms with Gasteiger partial charge in [0, 0.05) is 12.6 Å². The summed E-state index contributed by atoms with van der Waals surface area (Å²) < 4.78 is 23.8. The van der Waals surface area contributed by atoms with E-state index in [1.54, 1.807) is 0 Å². The Bertz CT molecular complexity index is 657. The first kappa shape index (κ1) is 19.0. The van der Waals surface area contributed by atoms with Crippen LogP contribution in [-0.2, 0) is 9.53 Å². The zero-order chi connectivity index (χ0) is 18.2. The lowest BCUT2D eigenvalue weighted by atomic mass is 9.97. The number of amides is 1. The zero-order valence-corrected chi connectivity index (χ0v) is 14.6. The molecule has 1 aromatic carbocycles. The first-order valence-corrected chi connectivity index (χ1v) is 8.51. The Labute approximate surface area is 147 Å². The molecule has 5 nitrogen and oxygen atoms in total. The summed E-state index contributed by atoms with van der Waals surface area (Å²) in [6, 6.07) is 3.83. The molecule has 0 radical (unpaired) electrons. The van der Waals surface area contributed by atoms with Crippen LogP contribution in [0.2, 0.25) is 0 Å². The molecule has 0 bridgehead atoms. The smallest absolute Gasteiger partial charge is 0.341 e. The lowest BCUT2D eigenvalue weighted by Crippen LogP contribution is -2.36. The summed E-state index contributed by atoms with van der Waals surface area (Å²) >= 11 is 0. The van der Waals surface area contributed by atoms with Crippen molar-refractivity contribution in [2.75, 3.05) is 13.7 Å². The molecule has 1 aliphatic carbocycles. The van der Waals surface area contributed by atoms with Crippen molar-refractivity contribution in [1.29, 1.82) is 0 Å². The number of hydrogen-bond acceptors (Lipinski definition) is 4. The van der Waals surface area contributed by atoms with Gasteiger partial charge in [0.25, 0.3) is 5.91 Å². The Balaban J connectivity index is 1.81. The third-order valence-corrected chi connectivity index (χ3v) is 4.18. The minimum atomic E-state index is -0.991.